The van der Waals surface area contributed by atoms with E-state index in [0.29, 0.717) is 6.04 Å². The quantitative estimate of drug-likeness (QED) is 0.585. The van der Waals surface area contributed by atoms with Gasteiger partial charge >= 0.3 is 0 Å². The first kappa shape index (κ1) is 7.76. The van der Waals surface area contributed by atoms with Crippen LogP contribution in [0.4, 0.5) is 0 Å². The van der Waals surface area contributed by atoms with Crippen molar-refractivity contribution in [3.8, 4) is 0 Å². The average Bonchev–Trinajstić information content (AvgIpc) is 2.37. The number of rotatable bonds is 2. The molecule has 0 aromatic carbocycles. The van der Waals surface area contributed by atoms with Crippen LogP contribution in [0, 0.1) is 0 Å². The van der Waals surface area contributed by atoms with Gasteiger partial charge in [-0.05, 0) is 19.4 Å². The van der Waals surface area contributed by atoms with Crippen molar-refractivity contribution >= 4 is 0 Å². The second-order valence-electron chi connectivity index (χ2n) is 2.55. The van der Waals surface area contributed by atoms with Crippen molar-refractivity contribution in [1.29, 1.82) is 0 Å². The molecule has 2 heteroatoms. The molecule has 1 aliphatic rings. The highest BCUT2D eigenvalue weighted by Crippen LogP contribution is 2.06. The first-order valence-corrected chi connectivity index (χ1v) is 3.87. The first-order chi connectivity index (χ1) is 4.86. The van der Waals surface area contributed by atoms with Gasteiger partial charge in [-0.15, -0.1) is 0 Å². The minimum Gasteiger partial charge on any atom is -0.358 e. The van der Waals surface area contributed by atoms with Crippen molar-refractivity contribution in [3.63, 3.8) is 0 Å². The van der Waals surface area contributed by atoms with Crippen LogP contribution in [-0.4, -0.2) is 18.9 Å². The summed E-state index contributed by atoms with van der Waals surface area (Å²) in [5.74, 6) is 0. The SMILES string of the molecule is C/C=C/C1N[C@H](CC)CO1. The molecule has 58 valence electrons. The van der Waals surface area contributed by atoms with Crippen LogP contribution in [0.2, 0.25) is 0 Å². The summed E-state index contributed by atoms with van der Waals surface area (Å²) in [7, 11) is 0. The standard InChI is InChI=1S/C8H15NO/c1-3-5-8-9-7(4-2)6-10-8/h3,5,7-9H,4,6H2,1-2H3/b5-3+/t7-,8?/m1/s1. The molecule has 1 fully saturated rings. The molecule has 0 amide bonds. The number of hydrogen-bond donors (Lipinski definition) is 1. The van der Waals surface area contributed by atoms with Gasteiger partial charge < -0.3 is 4.74 Å². The topological polar surface area (TPSA) is 21.3 Å². The van der Waals surface area contributed by atoms with E-state index in [-0.39, 0.29) is 6.23 Å². The lowest BCUT2D eigenvalue weighted by Gasteiger charge is -2.04. The number of nitrogens with one attached hydrogen (secondary N) is 1. The van der Waals surface area contributed by atoms with E-state index in [0.717, 1.165) is 13.0 Å². The summed E-state index contributed by atoms with van der Waals surface area (Å²) in [6.07, 6.45) is 5.36. The zero-order valence-electron chi connectivity index (χ0n) is 6.63. The van der Waals surface area contributed by atoms with Gasteiger partial charge in [-0.25, -0.2) is 0 Å². The van der Waals surface area contributed by atoms with E-state index in [1.54, 1.807) is 0 Å². The van der Waals surface area contributed by atoms with Gasteiger partial charge in [0.15, 0.2) is 0 Å². The molecular weight excluding hydrogens is 126 g/mol. The van der Waals surface area contributed by atoms with Crippen molar-refractivity contribution in [2.24, 2.45) is 0 Å². The average molecular weight is 141 g/mol. The zero-order valence-corrected chi connectivity index (χ0v) is 6.63. The van der Waals surface area contributed by atoms with Gasteiger partial charge in [0.05, 0.1) is 6.61 Å². The molecule has 0 bridgehead atoms. The normalized spacial score (nSPS) is 33.8. The highest BCUT2D eigenvalue weighted by Gasteiger charge is 2.19. The number of hydrogen-bond acceptors (Lipinski definition) is 2. The molecule has 1 unspecified atom stereocenters. The predicted octanol–water partition coefficient (Wildman–Crippen LogP) is 1.29. The molecule has 0 spiro atoms. The molecule has 1 aliphatic heterocycles. The monoisotopic (exact) mass is 141 g/mol. The Labute approximate surface area is 62.3 Å². The summed E-state index contributed by atoms with van der Waals surface area (Å²) in [5.41, 5.74) is 0. The molecule has 0 radical (unpaired) electrons. The summed E-state index contributed by atoms with van der Waals surface area (Å²) in [5, 5.41) is 3.33. The number of allylic oxidation sites excluding steroid dienone is 1. The molecule has 0 saturated carbocycles. The van der Waals surface area contributed by atoms with Gasteiger partial charge in [0.2, 0.25) is 0 Å². The molecule has 1 heterocycles. The maximum atomic E-state index is 5.40. The van der Waals surface area contributed by atoms with Gasteiger partial charge in [-0.1, -0.05) is 13.0 Å². The predicted molar refractivity (Wildman–Crippen MR) is 41.8 cm³/mol. The molecule has 10 heavy (non-hydrogen) atoms. The summed E-state index contributed by atoms with van der Waals surface area (Å²) >= 11 is 0. The van der Waals surface area contributed by atoms with Gasteiger partial charge in [-0.3, -0.25) is 5.32 Å². The Morgan fingerprint density at radius 2 is 2.50 bits per heavy atom. The third-order valence-electron chi connectivity index (χ3n) is 1.74. The smallest absolute Gasteiger partial charge is 0.127 e. The van der Waals surface area contributed by atoms with E-state index in [1.165, 1.54) is 0 Å². The lowest BCUT2D eigenvalue weighted by Crippen LogP contribution is -2.28. The molecule has 1 saturated heterocycles. The zero-order chi connectivity index (χ0) is 7.40. The molecule has 1 rings (SSSR count). The summed E-state index contributed by atoms with van der Waals surface area (Å²) in [6.45, 7) is 5.02. The lowest BCUT2D eigenvalue weighted by atomic mass is 10.2. The summed E-state index contributed by atoms with van der Waals surface area (Å²) in [4.78, 5) is 0. The van der Waals surface area contributed by atoms with Crippen LogP contribution in [-0.2, 0) is 4.74 Å². The molecule has 1 N–H and O–H groups in total. The van der Waals surface area contributed by atoms with Crippen molar-refractivity contribution in [2.45, 2.75) is 32.5 Å². The highest BCUT2D eigenvalue weighted by molar-refractivity contribution is 4.90. The Bertz CT molecular complexity index is 122. The van der Waals surface area contributed by atoms with Crippen LogP contribution in [0.1, 0.15) is 20.3 Å². The first-order valence-electron chi connectivity index (χ1n) is 3.87. The fraction of sp³-hybridized carbons (Fsp3) is 0.750. The molecule has 0 aliphatic carbocycles. The van der Waals surface area contributed by atoms with Crippen LogP contribution in [0.15, 0.2) is 12.2 Å². The van der Waals surface area contributed by atoms with E-state index in [4.69, 9.17) is 4.74 Å². The second-order valence-corrected chi connectivity index (χ2v) is 2.55. The largest absolute Gasteiger partial charge is 0.358 e. The third kappa shape index (κ3) is 1.82. The van der Waals surface area contributed by atoms with Gasteiger partial charge in [0, 0.05) is 6.04 Å². The van der Waals surface area contributed by atoms with Crippen LogP contribution in [0.25, 0.3) is 0 Å². The highest BCUT2D eigenvalue weighted by atomic mass is 16.5. The van der Waals surface area contributed by atoms with E-state index < -0.39 is 0 Å². The summed E-state index contributed by atoms with van der Waals surface area (Å²) < 4.78 is 5.40. The van der Waals surface area contributed by atoms with E-state index in [2.05, 4.69) is 12.2 Å². The van der Waals surface area contributed by atoms with Crippen LogP contribution in [0.5, 0.6) is 0 Å². The Kier molecular flexibility index (Phi) is 2.90. The van der Waals surface area contributed by atoms with E-state index >= 15 is 0 Å². The van der Waals surface area contributed by atoms with E-state index in [9.17, 15) is 0 Å². The van der Waals surface area contributed by atoms with Crippen molar-refractivity contribution in [1.82, 2.24) is 5.32 Å². The minimum atomic E-state index is 0.162. The maximum absolute atomic E-state index is 5.40. The van der Waals surface area contributed by atoms with Crippen LogP contribution < -0.4 is 5.32 Å². The third-order valence-corrected chi connectivity index (χ3v) is 1.74. The molecule has 2 atom stereocenters. The van der Waals surface area contributed by atoms with Crippen LogP contribution >= 0.6 is 0 Å². The fourth-order valence-corrected chi connectivity index (χ4v) is 1.07. The fourth-order valence-electron chi connectivity index (χ4n) is 1.07. The van der Waals surface area contributed by atoms with E-state index in [1.807, 2.05) is 19.1 Å². The Balaban J connectivity index is 2.28. The van der Waals surface area contributed by atoms with Crippen LogP contribution in [0.3, 0.4) is 0 Å². The Hall–Kier alpha value is -0.340. The van der Waals surface area contributed by atoms with Crippen molar-refractivity contribution < 1.29 is 4.74 Å². The molecule has 0 aromatic heterocycles. The second kappa shape index (κ2) is 3.74. The minimum absolute atomic E-state index is 0.162. The molecule has 2 nitrogen and oxygen atoms in total. The summed E-state index contributed by atoms with van der Waals surface area (Å²) in [6, 6.07) is 0.557. The van der Waals surface area contributed by atoms with Gasteiger partial charge in [0.25, 0.3) is 0 Å². The van der Waals surface area contributed by atoms with Crippen molar-refractivity contribution in [3.05, 3.63) is 12.2 Å². The van der Waals surface area contributed by atoms with Gasteiger partial charge in [-0.2, -0.15) is 0 Å². The van der Waals surface area contributed by atoms with Gasteiger partial charge in [0.1, 0.15) is 6.23 Å². The maximum Gasteiger partial charge on any atom is 0.127 e. The lowest BCUT2D eigenvalue weighted by molar-refractivity contribution is 0.135. The number of ether oxygens (including phenoxy) is 1. The molecule has 0 aromatic rings. The van der Waals surface area contributed by atoms with Crippen molar-refractivity contribution in [2.75, 3.05) is 6.61 Å². The Morgan fingerprint density at radius 3 is 3.00 bits per heavy atom. The Morgan fingerprint density at radius 1 is 1.70 bits per heavy atom. The molecular formula is C8H15NO.